The number of carboxylic acid groups (broad SMARTS) is 1. The molecule has 9 heteroatoms. The van der Waals surface area contributed by atoms with Crippen molar-refractivity contribution in [3.05, 3.63) is 85.1 Å². The van der Waals surface area contributed by atoms with E-state index in [1.54, 1.807) is 0 Å². The second kappa shape index (κ2) is 48.9. The van der Waals surface area contributed by atoms with Crippen LogP contribution in [0.15, 0.2) is 85.1 Å². The van der Waals surface area contributed by atoms with E-state index in [4.69, 9.17) is 18.9 Å². The predicted molar refractivity (Wildman–Crippen MR) is 281 cm³/mol. The average Bonchev–Trinajstić information content (AvgIpc) is 3.29. The molecule has 384 valence electrons. The van der Waals surface area contributed by atoms with Crippen LogP contribution in [0.25, 0.3) is 0 Å². The zero-order chi connectivity index (χ0) is 49.2. The Bertz CT molecular complexity index is 1370. The van der Waals surface area contributed by atoms with E-state index in [9.17, 15) is 19.5 Å². The van der Waals surface area contributed by atoms with Gasteiger partial charge in [-0.3, -0.25) is 9.59 Å². The van der Waals surface area contributed by atoms with Crippen LogP contribution >= 0.6 is 0 Å². The molecule has 0 aromatic rings. The summed E-state index contributed by atoms with van der Waals surface area (Å²) in [5, 5.41) is 9.65. The molecule has 9 nitrogen and oxygen atoms in total. The van der Waals surface area contributed by atoms with Crippen LogP contribution in [0.3, 0.4) is 0 Å². The summed E-state index contributed by atoms with van der Waals surface area (Å²) in [5.74, 6) is -2.02. The van der Waals surface area contributed by atoms with Crippen molar-refractivity contribution in [2.24, 2.45) is 0 Å². The van der Waals surface area contributed by atoms with Crippen LogP contribution in [0.2, 0.25) is 0 Å². The highest BCUT2D eigenvalue weighted by Gasteiger charge is 2.25. The molecule has 0 aromatic carbocycles. The number of unbranched alkanes of at least 4 members (excludes halogenated alkanes) is 19. The number of allylic oxidation sites excluding steroid dienone is 14. The Hall–Kier alpha value is -3.53. The van der Waals surface area contributed by atoms with E-state index in [1.165, 1.54) is 83.5 Å². The number of quaternary nitrogens is 1. The first-order valence-corrected chi connectivity index (χ1v) is 26.8. The fourth-order valence-electron chi connectivity index (χ4n) is 7.05. The van der Waals surface area contributed by atoms with Crippen molar-refractivity contribution >= 4 is 17.9 Å². The molecule has 0 aliphatic rings. The van der Waals surface area contributed by atoms with Gasteiger partial charge in [0.25, 0.3) is 6.29 Å². The highest BCUT2D eigenvalue weighted by atomic mass is 16.7. The minimum atomic E-state index is -1.51. The van der Waals surface area contributed by atoms with Crippen LogP contribution in [0.5, 0.6) is 0 Å². The van der Waals surface area contributed by atoms with Gasteiger partial charge >= 0.3 is 17.9 Å². The summed E-state index contributed by atoms with van der Waals surface area (Å²) >= 11 is 0. The van der Waals surface area contributed by atoms with Crippen LogP contribution in [0, 0.1) is 0 Å². The third-order valence-corrected chi connectivity index (χ3v) is 11.2. The van der Waals surface area contributed by atoms with E-state index < -0.39 is 24.3 Å². The highest BCUT2D eigenvalue weighted by molar-refractivity contribution is 5.71. The van der Waals surface area contributed by atoms with Gasteiger partial charge in [0.2, 0.25) is 0 Å². The first-order chi connectivity index (χ1) is 32.6. The lowest BCUT2D eigenvalue weighted by Crippen LogP contribution is -2.40. The van der Waals surface area contributed by atoms with Gasteiger partial charge in [-0.15, -0.1) is 0 Å². The molecule has 0 rings (SSSR count). The third-order valence-electron chi connectivity index (χ3n) is 11.2. The third kappa shape index (κ3) is 50.2. The lowest BCUT2D eigenvalue weighted by atomic mass is 10.0. The van der Waals surface area contributed by atoms with Crippen molar-refractivity contribution < 1.29 is 42.9 Å². The van der Waals surface area contributed by atoms with Crippen molar-refractivity contribution in [1.82, 2.24) is 0 Å². The number of likely N-dealkylation sites (N-methyl/N-ethyl adjacent to an activating group) is 1. The van der Waals surface area contributed by atoms with Crippen molar-refractivity contribution in [3.8, 4) is 0 Å². The van der Waals surface area contributed by atoms with E-state index >= 15 is 0 Å². The second-order valence-corrected chi connectivity index (χ2v) is 18.8. The van der Waals surface area contributed by atoms with Gasteiger partial charge in [-0.1, -0.05) is 208 Å². The summed E-state index contributed by atoms with van der Waals surface area (Å²) in [6.07, 6.45) is 61.0. The molecular weight excluding hydrogens is 839 g/mol. The Labute approximate surface area is 410 Å². The van der Waals surface area contributed by atoms with Crippen LogP contribution in [-0.4, -0.2) is 87.4 Å². The van der Waals surface area contributed by atoms with Gasteiger partial charge in [-0.25, -0.2) is 4.79 Å². The highest BCUT2D eigenvalue weighted by Crippen LogP contribution is 2.15. The molecule has 0 bridgehead atoms. The monoisotopic (exact) mass is 939 g/mol. The topological polar surface area (TPSA) is 108 Å². The molecule has 67 heavy (non-hydrogen) atoms. The van der Waals surface area contributed by atoms with Crippen LogP contribution in [0.4, 0.5) is 0 Å². The van der Waals surface area contributed by atoms with E-state index in [1.807, 2.05) is 21.1 Å². The molecule has 0 aliphatic heterocycles. The van der Waals surface area contributed by atoms with Gasteiger partial charge in [0.15, 0.2) is 6.10 Å². The Morgan fingerprint density at radius 3 is 1.27 bits per heavy atom. The molecule has 2 atom stereocenters. The minimum Gasteiger partial charge on any atom is -0.477 e. The Morgan fingerprint density at radius 1 is 0.463 bits per heavy atom. The number of rotatable bonds is 48. The lowest BCUT2D eigenvalue weighted by Gasteiger charge is -2.25. The zero-order valence-corrected chi connectivity index (χ0v) is 43.5. The summed E-state index contributed by atoms with van der Waals surface area (Å²) in [7, 11) is 5.95. The molecule has 0 aromatic heterocycles. The lowest BCUT2D eigenvalue weighted by molar-refractivity contribution is -0.870. The maximum Gasteiger partial charge on any atom is 0.361 e. The maximum atomic E-state index is 12.8. The number of carboxylic acids is 1. The summed E-state index contributed by atoms with van der Waals surface area (Å²) in [5.41, 5.74) is 0. The molecule has 0 amide bonds. The van der Waals surface area contributed by atoms with Crippen molar-refractivity contribution in [2.45, 2.75) is 219 Å². The van der Waals surface area contributed by atoms with Crippen molar-refractivity contribution in [2.75, 3.05) is 47.5 Å². The summed E-state index contributed by atoms with van der Waals surface area (Å²) in [6.45, 7) is 4.72. The van der Waals surface area contributed by atoms with E-state index in [-0.39, 0.29) is 32.2 Å². The van der Waals surface area contributed by atoms with Crippen LogP contribution in [0.1, 0.15) is 206 Å². The number of hydrogen-bond donors (Lipinski definition) is 1. The Morgan fingerprint density at radius 2 is 0.851 bits per heavy atom. The predicted octanol–water partition coefficient (Wildman–Crippen LogP) is 15.2. The molecular formula is C58H100NO8+. The van der Waals surface area contributed by atoms with E-state index in [0.29, 0.717) is 23.9 Å². The summed E-state index contributed by atoms with van der Waals surface area (Å²) < 4.78 is 22.7. The Kier molecular flexibility index (Phi) is 46.3. The van der Waals surface area contributed by atoms with E-state index in [2.05, 4.69) is 98.9 Å². The number of aliphatic carboxylic acids is 1. The molecule has 0 spiro atoms. The largest absolute Gasteiger partial charge is 0.477 e. The smallest absolute Gasteiger partial charge is 0.361 e. The molecule has 0 aliphatic carbocycles. The quantitative estimate of drug-likeness (QED) is 0.0211. The first-order valence-electron chi connectivity index (χ1n) is 26.8. The molecule has 0 saturated carbocycles. The first kappa shape index (κ1) is 63.5. The molecule has 0 heterocycles. The molecule has 0 saturated heterocycles. The Balaban J connectivity index is 4.13. The number of carbonyl (C=O) groups excluding carboxylic acids is 2. The van der Waals surface area contributed by atoms with Gasteiger partial charge in [0.1, 0.15) is 13.2 Å². The van der Waals surface area contributed by atoms with Gasteiger partial charge in [0, 0.05) is 12.8 Å². The minimum absolute atomic E-state index is 0.185. The van der Waals surface area contributed by atoms with Gasteiger partial charge < -0.3 is 28.5 Å². The number of nitrogens with zero attached hydrogens (tertiary/aromatic N) is 1. The van der Waals surface area contributed by atoms with E-state index in [0.717, 1.165) is 89.9 Å². The van der Waals surface area contributed by atoms with Gasteiger partial charge in [-0.05, 0) is 70.6 Å². The molecule has 2 unspecified atom stereocenters. The molecule has 0 radical (unpaired) electrons. The average molecular weight is 939 g/mol. The second-order valence-electron chi connectivity index (χ2n) is 18.8. The normalized spacial score (nSPS) is 13.5. The summed E-state index contributed by atoms with van der Waals surface area (Å²) in [4.78, 5) is 37.1. The molecule has 1 N–H and O–H groups in total. The number of esters is 2. The fraction of sp³-hybridized carbons (Fsp3) is 0.707. The van der Waals surface area contributed by atoms with Crippen molar-refractivity contribution in [3.63, 3.8) is 0 Å². The maximum absolute atomic E-state index is 12.8. The number of hydrogen-bond acceptors (Lipinski definition) is 7. The van der Waals surface area contributed by atoms with Crippen molar-refractivity contribution in [1.29, 1.82) is 0 Å². The van der Waals surface area contributed by atoms with Crippen LogP contribution < -0.4 is 0 Å². The van der Waals surface area contributed by atoms with Crippen LogP contribution in [-0.2, 0) is 33.3 Å². The SMILES string of the molecule is CC/C=C\C/C=C\C/C=C\C/C=C\C/C=C\C/C=C\C/C=C\CCCCCCCCCCCCCC(=O)OC(COC(=O)CCCCCCCCCCC)COC(OCC[N+](C)(C)C)C(=O)O. The standard InChI is InChI=1S/C58H99NO8/c1-6-8-10-12-14-16-17-18-19-20-21-22-23-24-25-26-27-28-29-30-31-32-33-34-35-36-37-38-39-41-43-45-47-49-56(61)67-54(53-66-58(57(62)63)64-51-50-59(3,4)5)52-65-55(60)48-46-44-42-40-15-13-11-9-7-2/h8,10,14,16,18-19,21-22,24-25,27-28,30-31,54,58H,6-7,9,11-13,15,17,20,23,26,29,32-53H2,1-5H3/p+1/b10-8-,16-14-,19-18-,22-21-,25-24-,28-27-,31-30-. The van der Waals surface area contributed by atoms with Gasteiger partial charge in [0.05, 0.1) is 34.4 Å². The van der Waals surface area contributed by atoms with Gasteiger partial charge in [-0.2, -0.15) is 0 Å². The fourth-order valence-corrected chi connectivity index (χ4v) is 7.05. The summed E-state index contributed by atoms with van der Waals surface area (Å²) in [6, 6.07) is 0. The number of carbonyl (C=O) groups is 3. The number of ether oxygens (including phenoxy) is 4. The molecule has 0 fully saturated rings. The zero-order valence-electron chi connectivity index (χ0n) is 43.5.